The van der Waals surface area contributed by atoms with Crippen LogP contribution < -0.4 is 0 Å². The van der Waals surface area contributed by atoms with E-state index in [2.05, 4.69) is 18.4 Å². The number of hydrogen-bond acceptors (Lipinski definition) is 2. The number of alkyl halides is 2. The monoisotopic (exact) mass is 162 g/mol. The third-order valence-electron chi connectivity index (χ3n) is 1.19. The summed E-state index contributed by atoms with van der Waals surface area (Å²) in [7, 11) is 0. The van der Waals surface area contributed by atoms with Gasteiger partial charge in [0, 0.05) is 12.8 Å². The van der Waals surface area contributed by atoms with Gasteiger partial charge in [-0.2, -0.15) is 5.10 Å². The summed E-state index contributed by atoms with van der Waals surface area (Å²) in [5.74, 6) is 0. The van der Waals surface area contributed by atoms with Crippen LogP contribution in [0.3, 0.4) is 0 Å². The molecule has 0 aromatic rings. The van der Waals surface area contributed by atoms with Crippen molar-refractivity contribution in [3.63, 3.8) is 0 Å². The molecular formula is C7H12F2N2. The van der Waals surface area contributed by atoms with Gasteiger partial charge in [-0.05, 0) is 13.8 Å². The van der Waals surface area contributed by atoms with E-state index in [0.717, 1.165) is 5.01 Å². The molecule has 0 aliphatic carbocycles. The molecule has 0 aliphatic heterocycles. The zero-order valence-corrected chi connectivity index (χ0v) is 6.72. The molecule has 2 nitrogen and oxygen atoms in total. The van der Waals surface area contributed by atoms with Gasteiger partial charge in [-0.1, -0.05) is 6.58 Å². The van der Waals surface area contributed by atoms with Crippen molar-refractivity contribution < 1.29 is 8.78 Å². The van der Waals surface area contributed by atoms with Crippen molar-refractivity contribution in [1.82, 2.24) is 5.01 Å². The van der Waals surface area contributed by atoms with E-state index in [0.29, 0.717) is 0 Å². The molecule has 0 heterocycles. The molecule has 0 N–H and O–H groups in total. The molecule has 0 spiro atoms. The number of rotatable bonds is 4. The first kappa shape index (κ1) is 10.1. The number of allylic oxidation sites excluding steroid dienone is 1. The molecule has 64 valence electrons. The molecule has 0 amide bonds. The second-order valence-electron chi connectivity index (χ2n) is 2.37. The average molecular weight is 162 g/mol. The smallest absolute Gasteiger partial charge is 0.263 e. The van der Waals surface area contributed by atoms with E-state index >= 15 is 0 Å². The molecule has 0 fully saturated rings. The van der Waals surface area contributed by atoms with Crippen LogP contribution in [0.15, 0.2) is 17.4 Å². The summed E-state index contributed by atoms with van der Waals surface area (Å²) in [6.45, 7) is 9.83. The molecule has 0 unspecified atom stereocenters. The van der Waals surface area contributed by atoms with Crippen LogP contribution in [0, 0.1) is 0 Å². The van der Waals surface area contributed by atoms with E-state index < -0.39 is 6.43 Å². The van der Waals surface area contributed by atoms with Crippen LogP contribution in [0.25, 0.3) is 0 Å². The van der Waals surface area contributed by atoms with E-state index in [9.17, 15) is 8.78 Å². The predicted molar refractivity (Wildman–Crippen MR) is 41.7 cm³/mol. The first-order valence-corrected chi connectivity index (χ1v) is 3.23. The van der Waals surface area contributed by atoms with Gasteiger partial charge in [-0.3, -0.25) is 5.01 Å². The zero-order chi connectivity index (χ0) is 9.02. The summed E-state index contributed by atoms with van der Waals surface area (Å²) in [4.78, 5) is 0. The highest BCUT2D eigenvalue weighted by Crippen LogP contribution is 2.14. The number of nitrogens with zero attached hydrogens (tertiary/aromatic N) is 2. The highest BCUT2D eigenvalue weighted by Gasteiger charge is 2.17. The van der Waals surface area contributed by atoms with Crippen LogP contribution in [-0.2, 0) is 0 Å². The van der Waals surface area contributed by atoms with Crippen LogP contribution in [0.5, 0.6) is 0 Å². The highest BCUT2D eigenvalue weighted by atomic mass is 19.3. The molecule has 0 aromatic carbocycles. The van der Waals surface area contributed by atoms with Crippen molar-refractivity contribution in [3.05, 3.63) is 12.3 Å². The average Bonchev–Trinajstić information content (AvgIpc) is 1.88. The highest BCUT2D eigenvalue weighted by molar-refractivity contribution is 5.23. The quantitative estimate of drug-likeness (QED) is 0.456. The lowest BCUT2D eigenvalue weighted by Gasteiger charge is -2.23. The van der Waals surface area contributed by atoms with Gasteiger partial charge in [0.05, 0.1) is 5.70 Å². The van der Waals surface area contributed by atoms with Gasteiger partial charge in [-0.15, -0.1) is 0 Å². The first-order valence-electron chi connectivity index (χ1n) is 3.23. The number of hydrogen-bond donors (Lipinski definition) is 0. The molecule has 0 atom stereocenters. The Kier molecular flexibility index (Phi) is 3.71. The standard InChI is InChI=1S/C7H12F2N2/c1-5(2)11(10-4)6(3)7(8)9/h5,7H,3-4H2,1-2H3. The van der Waals surface area contributed by atoms with Crippen molar-refractivity contribution in [2.75, 3.05) is 0 Å². The third kappa shape index (κ3) is 2.65. The maximum atomic E-state index is 12.0. The van der Waals surface area contributed by atoms with Crippen LogP contribution in [0.4, 0.5) is 8.78 Å². The Morgan fingerprint density at radius 3 is 2.00 bits per heavy atom. The molecule has 0 saturated carbocycles. The van der Waals surface area contributed by atoms with Crippen molar-refractivity contribution in [3.8, 4) is 0 Å². The Balaban J connectivity index is 4.26. The van der Waals surface area contributed by atoms with Gasteiger partial charge in [-0.25, -0.2) is 8.78 Å². The summed E-state index contributed by atoms with van der Waals surface area (Å²) in [6.07, 6.45) is -2.57. The van der Waals surface area contributed by atoms with Crippen LogP contribution in [0.2, 0.25) is 0 Å². The normalized spacial score (nSPS) is 10.4. The molecular weight excluding hydrogens is 150 g/mol. The Bertz CT molecular complexity index is 155. The molecule has 0 rings (SSSR count). The van der Waals surface area contributed by atoms with Gasteiger partial charge in [0.25, 0.3) is 6.43 Å². The molecule has 0 saturated heterocycles. The molecule has 0 bridgehead atoms. The fourth-order valence-corrected chi connectivity index (χ4v) is 0.686. The molecule has 4 heteroatoms. The minimum absolute atomic E-state index is 0.131. The number of halogens is 2. The minimum atomic E-state index is -2.57. The maximum absolute atomic E-state index is 12.0. The first-order chi connectivity index (χ1) is 5.00. The summed E-state index contributed by atoms with van der Waals surface area (Å²) in [5.41, 5.74) is -0.310. The van der Waals surface area contributed by atoms with Gasteiger partial charge in [0.15, 0.2) is 0 Å². The number of hydrazone groups is 1. The fourth-order valence-electron chi connectivity index (χ4n) is 0.686. The van der Waals surface area contributed by atoms with Gasteiger partial charge in [0.1, 0.15) is 0 Å². The van der Waals surface area contributed by atoms with Gasteiger partial charge < -0.3 is 0 Å². The van der Waals surface area contributed by atoms with Gasteiger partial charge in [0.2, 0.25) is 0 Å². The van der Waals surface area contributed by atoms with E-state index in [1.54, 1.807) is 13.8 Å². The van der Waals surface area contributed by atoms with Crippen LogP contribution >= 0.6 is 0 Å². The van der Waals surface area contributed by atoms with E-state index in [-0.39, 0.29) is 11.7 Å². The maximum Gasteiger partial charge on any atom is 0.279 e. The van der Waals surface area contributed by atoms with Crippen molar-refractivity contribution >= 4 is 6.72 Å². The van der Waals surface area contributed by atoms with E-state index in [1.807, 2.05) is 0 Å². The second kappa shape index (κ2) is 4.05. The lowest BCUT2D eigenvalue weighted by molar-refractivity contribution is 0.129. The SMILES string of the molecule is C=NN(C(=C)C(F)F)C(C)C. The van der Waals surface area contributed by atoms with Gasteiger partial charge >= 0.3 is 0 Å². The molecule has 0 aromatic heterocycles. The zero-order valence-electron chi connectivity index (χ0n) is 6.72. The Morgan fingerprint density at radius 1 is 1.45 bits per heavy atom. The molecule has 11 heavy (non-hydrogen) atoms. The van der Waals surface area contributed by atoms with E-state index in [1.165, 1.54) is 0 Å². The molecule has 0 radical (unpaired) electrons. The van der Waals surface area contributed by atoms with Crippen LogP contribution in [0.1, 0.15) is 13.8 Å². The van der Waals surface area contributed by atoms with Crippen molar-refractivity contribution in [2.45, 2.75) is 26.3 Å². The fraction of sp³-hybridized carbons (Fsp3) is 0.571. The second-order valence-corrected chi connectivity index (χ2v) is 2.37. The Morgan fingerprint density at radius 2 is 1.91 bits per heavy atom. The lowest BCUT2D eigenvalue weighted by atomic mass is 10.3. The van der Waals surface area contributed by atoms with Crippen molar-refractivity contribution in [2.24, 2.45) is 5.10 Å². The lowest BCUT2D eigenvalue weighted by Crippen LogP contribution is -2.27. The minimum Gasteiger partial charge on any atom is -0.263 e. The molecule has 0 aliphatic rings. The predicted octanol–water partition coefficient (Wildman–Crippen LogP) is 2.09. The summed E-state index contributed by atoms with van der Waals surface area (Å²) in [6, 6.07) is -0.131. The third-order valence-corrected chi connectivity index (χ3v) is 1.19. The topological polar surface area (TPSA) is 15.6 Å². The van der Waals surface area contributed by atoms with E-state index in [4.69, 9.17) is 0 Å². The largest absolute Gasteiger partial charge is 0.279 e. The summed E-state index contributed by atoms with van der Waals surface area (Å²) in [5, 5.41) is 4.51. The van der Waals surface area contributed by atoms with Crippen molar-refractivity contribution in [1.29, 1.82) is 0 Å². The summed E-state index contributed by atoms with van der Waals surface area (Å²) < 4.78 is 24.0. The summed E-state index contributed by atoms with van der Waals surface area (Å²) >= 11 is 0. The Hall–Kier alpha value is -0.930. The van der Waals surface area contributed by atoms with Crippen LogP contribution in [-0.4, -0.2) is 24.2 Å². The Labute approximate surface area is 65.2 Å².